The van der Waals surface area contributed by atoms with Gasteiger partial charge >= 0.3 is 0 Å². The Labute approximate surface area is 104 Å². The Hall–Kier alpha value is -1.80. The molecule has 2 unspecified atom stereocenters. The molecule has 0 radical (unpaired) electrons. The molecule has 0 spiro atoms. The number of aromatic nitrogens is 4. The fourth-order valence-corrected chi connectivity index (χ4v) is 3.55. The molecule has 0 aromatic carbocycles. The minimum Gasteiger partial charge on any atom is -0.315 e. The van der Waals surface area contributed by atoms with E-state index in [1.54, 1.807) is 24.7 Å². The van der Waals surface area contributed by atoms with E-state index in [1.807, 2.05) is 0 Å². The van der Waals surface area contributed by atoms with Gasteiger partial charge in [-0.2, -0.15) is 0 Å². The smallest absolute Gasteiger partial charge is 0.234 e. The predicted molar refractivity (Wildman–Crippen MR) is 62.7 cm³/mol. The Balaban J connectivity index is 2.08. The predicted octanol–water partition coefficient (Wildman–Crippen LogP) is -0.198. The van der Waals surface area contributed by atoms with Crippen LogP contribution in [-0.4, -0.2) is 27.9 Å². The van der Waals surface area contributed by atoms with Gasteiger partial charge in [-0.05, 0) is 6.07 Å². The number of primary sulfonamides is 1. The molecule has 0 amide bonds. The van der Waals surface area contributed by atoms with Crippen molar-refractivity contribution < 1.29 is 8.42 Å². The van der Waals surface area contributed by atoms with Crippen molar-refractivity contribution in [3.05, 3.63) is 43.0 Å². The summed E-state index contributed by atoms with van der Waals surface area (Å²) in [7, 11) is -3.77. The van der Waals surface area contributed by atoms with E-state index >= 15 is 0 Å². The maximum Gasteiger partial charge on any atom is 0.234 e. The Morgan fingerprint density at radius 2 is 2.06 bits per heavy atom. The monoisotopic (exact) mass is 265 g/mol. The highest BCUT2D eigenvalue weighted by molar-refractivity contribution is 7.90. The fraction of sp³-hybridized carbons (Fsp3) is 0.300. The van der Waals surface area contributed by atoms with Gasteiger partial charge in [0, 0.05) is 31.2 Å². The molecule has 2 heterocycles. The van der Waals surface area contributed by atoms with E-state index in [0.717, 1.165) is 0 Å². The number of hydrogen-bond donors (Lipinski definition) is 1. The minimum absolute atomic E-state index is 0.331. The van der Waals surface area contributed by atoms with E-state index in [1.165, 1.54) is 17.1 Å². The zero-order valence-electron chi connectivity index (χ0n) is 9.34. The van der Waals surface area contributed by atoms with E-state index < -0.39 is 14.9 Å². The van der Waals surface area contributed by atoms with Gasteiger partial charge < -0.3 is 4.57 Å². The lowest BCUT2D eigenvalue weighted by Crippen LogP contribution is -2.35. The minimum atomic E-state index is -3.77. The van der Waals surface area contributed by atoms with Crippen molar-refractivity contribution in [1.29, 1.82) is 0 Å². The Morgan fingerprint density at radius 1 is 1.33 bits per heavy atom. The molecule has 0 aliphatic heterocycles. The summed E-state index contributed by atoms with van der Waals surface area (Å²) >= 11 is 0. The molecule has 0 saturated heterocycles. The molecule has 2 N–H and O–H groups in total. The first-order valence-electron chi connectivity index (χ1n) is 5.33. The lowest BCUT2D eigenvalue weighted by molar-refractivity contribution is 0.530. The summed E-state index contributed by atoms with van der Waals surface area (Å²) in [5, 5.41) is 5.36. The van der Waals surface area contributed by atoms with E-state index in [4.69, 9.17) is 5.14 Å². The molecule has 8 heteroatoms. The molecule has 2 aromatic heterocycles. The molecule has 94 valence electrons. The first kappa shape index (κ1) is 11.3. The van der Waals surface area contributed by atoms with E-state index in [0.29, 0.717) is 12.2 Å². The highest BCUT2D eigenvalue weighted by Gasteiger charge is 2.66. The summed E-state index contributed by atoms with van der Waals surface area (Å²) in [6.07, 6.45) is 8.10. The average Bonchev–Trinajstić information content (AvgIpc) is 2.89. The van der Waals surface area contributed by atoms with E-state index in [-0.39, 0.29) is 5.92 Å². The third kappa shape index (κ3) is 1.46. The highest BCUT2D eigenvalue weighted by Crippen LogP contribution is 2.58. The van der Waals surface area contributed by atoms with Crippen molar-refractivity contribution in [2.75, 3.05) is 0 Å². The van der Waals surface area contributed by atoms with Gasteiger partial charge in [-0.1, -0.05) is 0 Å². The van der Waals surface area contributed by atoms with Crippen LogP contribution in [0.1, 0.15) is 18.2 Å². The lowest BCUT2D eigenvalue weighted by Gasteiger charge is -2.16. The molecule has 7 nitrogen and oxygen atoms in total. The summed E-state index contributed by atoms with van der Waals surface area (Å²) in [6.45, 7) is 0. The van der Waals surface area contributed by atoms with Crippen LogP contribution in [0.25, 0.3) is 0 Å². The standard InChI is InChI=1S/C10H11N5O2S/c11-18(16,17)10(15-5-4-12-7-15)6-8(10)9-13-2-1-3-14-9/h1-5,7-8H,6H2,(H2,11,16,17). The molecule has 18 heavy (non-hydrogen) atoms. The zero-order valence-corrected chi connectivity index (χ0v) is 10.2. The molecule has 2 aromatic rings. The van der Waals surface area contributed by atoms with Crippen LogP contribution >= 0.6 is 0 Å². The summed E-state index contributed by atoms with van der Waals surface area (Å²) in [5.41, 5.74) is 0. The third-order valence-corrected chi connectivity index (χ3v) is 4.86. The van der Waals surface area contributed by atoms with Gasteiger partial charge in [-0.25, -0.2) is 28.5 Å². The van der Waals surface area contributed by atoms with Crippen LogP contribution in [0.3, 0.4) is 0 Å². The van der Waals surface area contributed by atoms with Gasteiger partial charge in [-0.3, -0.25) is 0 Å². The van der Waals surface area contributed by atoms with Crippen LogP contribution in [0.5, 0.6) is 0 Å². The van der Waals surface area contributed by atoms with E-state index in [2.05, 4.69) is 15.0 Å². The first-order valence-corrected chi connectivity index (χ1v) is 6.88. The molecule has 1 fully saturated rings. The number of sulfonamides is 1. The number of nitrogens with zero attached hydrogens (tertiary/aromatic N) is 4. The number of rotatable bonds is 3. The normalized spacial score (nSPS) is 27.1. The van der Waals surface area contributed by atoms with Crippen molar-refractivity contribution in [2.45, 2.75) is 17.2 Å². The number of imidazole rings is 1. The number of nitrogens with two attached hydrogens (primary N) is 1. The van der Waals surface area contributed by atoms with Gasteiger partial charge in [0.05, 0.1) is 12.2 Å². The molecular formula is C10H11N5O2S. The molecular weight excluding hydrogens is 254 g/mol. The molecule has 1 aliphatic rings. The van der Waals surface area contributed by atoms with Crippen molar-refractivity contribution >= 4 is 10.0 Å². The maximum atomic E-state index is 11.9. The summed E-state index contributed by atoms with van der Waals surface area (Å²) in [5.74, 6) is 0.156. The van der Waals surface area contributed by atoms with Crippen molar-refractivity contribution in [3.63, 3.8) is 0 Å². The van der Waals surface area contributed by atoms with Crippen molar-refractivity contribution in [3.8, 4) is 0 Å². The molecule has 0 bridgehead atoms. The SMILES string of the molecule is NS(=O)(=O)C1(n2ccnc2)CC1c1ncccn1. The average molecular weight is 265 g/mol. The Morgan fingerprint density at radius 3 is 2.61 bits per heavy atom. The van der Waals surface area contributed by atoms with Gasteiger partial charge in [-0.15, -0.1) is 0 Å². The second kappa shape index (κ2) is 3.59. The Bertz CT molecular complexity index is 655. The quantitative estimate of drug-likeness (QED) is 0.827. The summed E-state index contributed by atoms with van der Waals surface area (Å²) in [4.78, 5) is 10.9. The van der Waals surface area contributed by atoms with Gasteiger partial charge in [0.15, 0.2) is 4.87 Å². The Kier molecular flexibility index (Phi) is 2.26. The summed E-state index contributed by atoms with van der Waals surface area (Å²) < 4.78 is 25.3. The van der Waals surface area contributed by atoms with Crippen molar-refractivity contribution in [1.82, 2.24) is 19.5 Å². The van der Waals surface area contributed by atoms with Crippen molar-refractivity contribution in [2.24, 2.45) is 5.14 Å². The fourth-order valence-electron chi connectivity index (χ4n) is 2.25. The highest BCUT2D eigenvalue weighted by atomic mass is 32.2. The molecule has 1 saturated carbocycles. The maximum absolute atomic E-state index is 11.9. The van der Waals surface area contributed by atoms with Crippen LogP contribution in [0, 0.1) is 0 Å². The second-order valence-electron chi connectivity index (χ2n) is 4.22. The van der Waals surface area contributed by atoms with Crippen LogP contribution in [0.4, 0.5) is 0 Å². The third-order valence-electron chi connectivity index (χ3n) is 3.21. The molecule has 2 atom stereocenters. The van der Waals surface area contributed by atoms with Gasteiger partial charge in [0.25, 0.3) is 0 Å². The van der Waals surface area contributed by atoms with Crippen LogP contribution < -0.4 is 5.14 Å². The molecule has 1 aliphatic carbocycles. The topological polar surface area (TPSA) is 104 Å². The zero-order chi connectivity index (χ0) is 12.8. The van der Waals surface area contributed by atoms with Crippen LogP contribution in [-0.2, 0) is 14.9 Å². The number of hydrogen-bond acceptors (Lipinski definition) is 5. The van der Waals surface area contributed by atoms with Gasteiger partial charge in [0.2, 0.25) is 10.0 Å². The second-order valence-corrected chi connectivity index (χ2v) is 6.02. The summed E-state index contributed by atoms with van der Waals surface area (Å²) in [6, 6.07) is 1.68. The largest absolute Gasteiger partial charge is 0.315 e. The lowest BCUT2D eigenvalue weighted by atomic mass is 10.3. The van der Waals surface area contributed by atoms with Crippen LogP contribution in [0.2, 0.25) is 0 Å². The first-order chi connectivity index (χ1) is 8.56. The molecule has 3 rings (SSSR count). The van der Waals surface area contributed by atoms with Crippen LogP contribution in [0.15, 0.2) is 37.2 Å². The van der Waals surface area contributed by atoms with E-state index in [9.17, 15) is 8.42 Å². The van der Waals surface area contributed by atoms with Gasteiger partial charge in [0.1, 0.15) is 5.82 Å².